The number of thioether (sulfide) groups is 1. The molecule has 0 bridgehead atoms. The molecule has 2 aromatic heterocycles. The molecule has 3 aromatic rings. The first-order chi connectivity index (χ1) is 15.9. The summed E-state index contributed by atoms with van der Waals surface area (Å²) in [5.74, 6) is -0.443. The Hall–Kier alpha value is -3.40. The minimum absolute atomic E-state index is 0.00805. The standard InChI is InChI=1S/C23H25FN4O4S/c1-5-11-28-19(12-32-18-10-8-7-9-16(18)24)26-27-23(28)33-13-17(29)21-14(3)20(15(4)25-21)22(30)31-6-2/h5,7-10,25H,1,6,11-13H2,2-4H3. The lowest BCUT2D eigenvalue weighted by atomic mass is 10.1. The summed E-state index contributed by atoms with van der Waals surface area (Å²) in [4.78, 5) is 28.0. The van der Waals surface area contributed by atoms with E-state index in [0.717, 1.165) is 0 Å². The molecule has 2 heterocycles. The van der Waals surface area contributed by atoms with Crippen molar-refractivity contribution in [1.82, 2.24) is 19.7 Å². The molecule has 0 spiro atoms. The second-order valence-corrected chi connectivity index (χ2v) is 8.02. The number of aryl methyl sites for hydroxylation is 1. The highest BCUT2D eigenvalue weighted by Crippen LogP contribution is 2.24. The Balaban J connectivity index is 1.72. The Kier molecular flexibility index (Phi) is 8.05. The zero-order valence-corrected chi connectivity index (χ0v) is 19.5. The van der Waals surface area contributed by atoms with Crippen LogP contribution in [-0.2, 0) is 17.9 Å². The lowest BCUT2D eigenvalue weighted by Crippen LogP contribution is -2.10. The molecule has 0 amide bonds. The van der Waals surface area contributed by atoms with E-state index in [2.05, 4.69) is 21.8 Å². The van der Waals surface area contributed by atoms with Crippen molar-refractivity contribution in [3.8, 4) is 5.75 Å². The van der Waals surface area contributed by atoms with Crippen molar-refractivity contribution in [2.75, 3.05) is 12.4 Å². The summed E-state index contributed by atoms with van der Waals surface area (Å²) >= 11 is 1.20. The number of hydrogen-bond donors (Lipinski definition) is 1. The number of ether oxygens (including phenoxy) is 2. The third kappa shape index (κ3) is 5.51. The second kappa shape index (κ2) is 11.0. The van der Waals surface area contributed by atoms with Crippen LogP contribution in [0.3, 0.4) is 0 Å². The number of para-hydroxylation sites is 1. The van der Waals surface area contributed by atoms with E-state index in [1.807, 2.05) is 0 Å². The van der Waals surface area contributed by atoms with E-state index in [1.165, 1.54) is 23.9 Å². The van der Waals surface area contributed by atoms with Crippen molar-refractivity contribution in [2.24, 2.45) is 0 Å². The third-order valence-corrected chi connectivity index (χ3v) is 5.79. The summed E-state index contributed by atoms with van der Waals surface area (Å²) in [5.41, 5.74) is 1.89. The number of esters is 1. The van der Waals surface area contributed by atoms with E-state index in [9.17, 15) is 14.0 Å². The number of benzene rings is 1. The number of nitrogens with zero attached hydrogens (tertiary/aromatic N) is 3. The molecule has 1 aromatic carbocycles. The smallest absolute Gasteiger partial charge is 0.340 e. The Morgan fingerprint density at radius 2 is 2.03 bits per heavy atom. The normalized spacial score (nSPS) is 10.8. The first-order valence-corrected chi connectivity index (χ1v) is 11.3. The zero-order valence-electron chi connectivity index (χ0n) is 18.7. The number of aromatic amines is 1. The van der Waals surface area contributed by atoms with Crippen LogP contribution >= 0.6 is 11.8 Å². The number of halogens is 1. The number of rotatable bonds is 11. The molecule has 0 aliphatic heterocycles. The van der Waals surface area contributed by atoms with Gasteiger partial charge in [-0.2, -0.15) is 0 Å². The summed E-state index contributed by atoms with van der Waals surface area (Å²) in [6, 6.07) is 6.10. The third-order valence-electron chi connectivity index (χ3n) is 4.83. The highest BCUT2D eigenvalue weighted by molar-refractivity contribution is 7.99. The molecule has 1 N–H and O–H groups in total. The number of aromatic nitrogens is 4. The minimum atomic E-state index is -0.466. The summed E-state index contributed by atoms with van der Waals surface area (Å²) in [7, 11) is 0. The van der Waals surface area contributed by atoms with E-state index >= 15 is 0 Å². The number of carbonyl (C=O) groups excluding carboxylic acids is 2. The highest BCUT2D eigenvalue weighted by Gasteiger charge is 2.23. The summed E-state index contributed by atoms with van der Waals surface area (Å²) in [6.45, 7) is 9.58. The maximum absolute atomic E-state index is 13.8. The first-order valence-electron chi connectivity index (χ1n) is 10.3. The molecule has 0 unspecified atom stereocenters. The number of hydrogen-bond acceptors (Lipinski definition) is 7. The summed E-state index contributed by atoms with van der Waals surface area (Å²) in [5, 5.41) is 8.78. The van der Waals surface area contributed by atoms with Gasteiger partial charge in [-0.05, 0) is 38.5 Å². The maximum Gasteiger partial charge on any atom is 0.340 e. The maximum atomic E-state index is 13.8. The quantitative estimate of drug-likeness (QED) is 0.192. The highest BCUT2D eigenvalue weighted by atomic mass is 32.2. The molecule has 33 heavy (non-hydrogen) atoms. The molecule has 8 nitrogen and oxygen atoms in total. The van der Waals surface area contributed by atoms with Gasteiger partial charge in [0.2, 0.25) is 0 Å². The van der Waals surface area contributed by atoms with Gasteiger partial charge in [0.25, 0.3) is 0 Å². The molecule has 0 saturated carbocycles. The molecule has 0 radical (unpaired) electrons. The fourth-order valence-electron chi connectivity index (χ4n) is 3.29. The Morgan fingerprint density at radius 3 is 2.73 bits per heavy atom. The number of carbonyl (C=O) groups is 2. The molecule has 0 saturated heterocycles. The molecular weight excluding hydrogens is 447 g/mol. The van der Waals surface area contributed by atoms with Gasteiger partial charge in [0.15, 0.2) is 28.3 Å². The van der Waals surface area contributed by atoms with Gasteiger partial charge < -0.3 is 14.5 Å². The monoisotopic (exact) mass is 472 g/mol. The lowest BCUT2D eigenvalue weighted by Gasteiger charge is -2.09. The molecule has 0 aliphatic rings. The molecule has 10 heteroatoms. The summed E-state index contributed by atoms with van der Waals surface area (Å²) in [6.07, 6.45) is 1.67. The molecule has 0 fully saturated rings. The number of allylic oxidation sites excluding steroid dienone is 1. The van der Waals surface area contributed by atoms with Crippen LogP contribution in [0.15, 0.2) is 42.1 Å². The van der Waals surface area contributed by atoms with Crippen LogP contribution in [0.4, 0.5) is 4.39 Å². The molecule has 0 atom stereocenters. The average Bonchev–Trinajstić information content (AvgIpc) is 3.31. The number of ketones is 1. The van der Waals surface area contributed by atoms with Gasteiger partial charge in [0, 0.05) is 12.2 Å². The largest absolute Gasteiger partial charge is 0.483 e. The van der Waals surface area contributed by atoms with Crippen molar-refractivity contribution in [3.63, 3.8) is 0 Å². The lowest BCUT2D eigenvalue weighted by molar-refractivity contribution is 0.0525. The van der Waals surface area contributed by atoms with Crippen LogP contribution in [0, 0.1) is 19.7 Å². The molecule has 0 aliphatic carbocycles. The van der Waals surface area contributed by atoms with Crippen molar-refractivity contribution in [3.05, 3.63) is 71.1 Å². The van der Waals surface area contributed by atoms with Gasteiger partial charge in [0.05, 0.1) is 23.6 Å². The predicted molar refractivity (Wildman–Crippen MR) is 122 cm³/mol. The minimum Gasteiger partial charge on any atom is -0.483 e. The SMILES string of the molecule is C=CCn1c(COc2ccccc2F)nnc1SCC(=O)c1[nH]c(C)c(C(=O)OCC)c1C. The van der Waals surface area contributed by atoms with Gasteiger partial charge in [-0.3, -0.25) is 9.36 Å². The van der Waals surface area contributed by atoms with E-state index in [0.29, 0.717) is 40.0 Å². The zero-order chi connectivity index (χ0) is 24.0. The van der Waals surface area contributed by atoms with Crippen molar-refractivity contribution in [1.29, 1.82) is 0 Å². The van der Waals surface area contributed by atoms with Crippen molar-refractivity contribution in [2.45, 2.75) is 39.1 Å². The van der Waals surface area contributed by atoms with Gasteiger partial charge >= 0.3 is 5.97 Å². The molecule has 3 rings (SSSR count). The topological polar surface area (TPSA) is 99.1 Å². The molecular formula is C23H25FN4O4S. The number of nitrogens with one attached hydrogen (secondary N) is 1. The van der Waals surface area contributed by atoms with Crippen molar-refractivity contribution < 1.29 is 23.5 Å². The van der Waals surface area contributed by atoms with Gasteiger partial charge in [-0.25, -0.2) is 9.18 Å². The molecule has 174 valence electrons. The Bertz CT molecular complexity index is 1170. The van der Waals surface area contributed by atoms with Gasteiger partial charge in [0.1, 0.15) is 6.61 Å². The summed E-state index contributed by atoms with van der Waals surface area (Å²) < 4.78 is 26.2. The van der Waals surface area contributed by atoms with Crippen LogP contribution in [0.2, 0.25) is 0 Å². The van der Waals surface area contributed by atoms with E-state index < -0.39 is 11.8 Å². The van der Waals surface area contributed by atoms with Crippen LogP contribution in [0.25, 0.3) is 0 Å². The van der Waals surface area contributed by atoms with Crippen LogP contribution in [0.1, 0.15) is 44.9 Å². The van der Waals surface area contributed by atoms with E-state index in [4.69, 9.17) is 9.47 Å². The van der Waals surface area contributed by atoms with Gasteiger partial charge in [-0.15, -0.1) is 16.8 Å². The Labute approximate surface area is 195 Å². The first kappa shape index (κ1) is 24.2. The number of H-pyrrole nitrogens is 1. The van der Waals surface area contributed by atoms with Crippen LogP contribution < -0.4 is 4.74 Å². The average molecular weight is 473 g/mol. The fourth-order valence-corrected chi connectivity index (χ4v) is 4.13. The van der Waals surface area contributed by atoms with E-state index in [1.54, 1.807) is 43.5 Å². The van der Waals surface area contributed by atoms with Crippen LogP contribution in [0.5, 0.6) is 5.75 Å². The fraction of sp³-hybridized carbons (Fsp3) is 0.304. The number of Topliss-reactive ketones (excluding diaryl/α,β-unsaturated/α-hetero) is 1. The van der Waals surface area contributed by atoms with Crippen LogP contribution in [-0.4, -0.2) is 43.9 Å². The van der Waals surface area contributed by atoms with Crippen molar-refractivity contribution >= 4 is 23.5 Å². The van der Waals surface area contributed by atoms with Gasteiger partial charge in [-0.1, -0.05) is 30.0 Å². The predicted octanol–water partition coefficient (Wildman–Crippen LogP) is 4.28. The van der Waals surface area contributed by atoms with E-state index in [-0.39, 0.29) is 30.5 Å². The Morgan fingerprint density at radius 1 is 1.27 bits per heavy atom. The second-order valence-electron chi connectivity index (χ2n) is 7.07.